The number of carbonyl (C=O) groups excluding carboxylic acids is 1. The van der Waals surface area contributed by atoms with Gasteiger partial charge < -0.3 is 5.32 Å². The van der Waals surface area contributed by atoms with E-state index in [2.05, 4.69) is 5.32 Å². The van der Waals surface area contributed by atoms with Crippen LogP contribution in [-0.2, 0) is 4.79 Å². The predicted molar refractivity (Wildman–Crippen MR) is 44.3 cm³/mol. The van der Waals surface area contributed by atoms with E-state index < -0.39 is 0 Å². The maximum atomic E-state index is 11.3. The molecule has 0 aromatic carbocycles. The van der Waals surface area contributed by atoms with Crippen LogP contribution in [0.2, 0.25) is 0 Å². The summed E-state index contributed by atoms with van der Waals surface area (Å²) in [5.41, 5.74) is 0. The summed E-state index contributed by atoms with van der Waals surface area (Å²) in [7, 11) is 1.87. The number of hydrogen-bond donors (Lipinski definition) is 1. The highest BCUT2D eigenvalue weighted by Crippen LogP contribution is 2.08. The van der Waals surface area contributed by atoms with Gasteiger partial charge in [0.05, 0.1) is 12.5 Å². The van der Waals surface area contributed by atoms with Crippen LogP contribution in [-0.4, -0.2) is 36.5 Å². The third kappa shape index (κ3) is 1.74. The second-order valence-corrected chi connectivity index (χ2v) is 3.23. The fraction of sp³-hybridized carbons (Fsp3) is 0.750. The zero-order valence-electron chi connectivity index (χ0n) is 7.37. The third-order valence-electron chi connectivity index (χ3n) is 2.07. The molecule has 66 valence electrons. The van der Waals surface area contributed by atoms with E-state index in [-0.39, 0.29) is 24.4 Å². The molecule has 2 atom stereocenters. The maximum absolute atomic E-state index is 11.3. The van der Waals surface area contributed by atoms with Crippen LogP contribution in [0, 0.1) is 11.3 Å². The summed E-state index contributed by atoms with van der Waals surface area (Å²) < 4.78 is 0. The van der Waals surface area contributed by atoms with Gasteiger partial charge in [-0.3, -0.25) is 9.69 Å². The predicted octanol–water partition coefficient (Wildman–Crippen LogP) is -0.281. The van der Waals surface area contributed by atoms with Gasteiger partial charge in [-0.1, -0.05) is 0 Å². The molecule has 1 amide bonds. The molecule has 0 aliphatic carbocycles. The molecular weight excluding hydrogens is 154 g/mol. The molecule has 1 heterocycles. The number of likely N-dealkylation sites (N-methyl/N-ethyl adjacent to an activating group) is 1. The van der Waals surface area contributed by atoms with Crippen molar-refractivity contribution in [3.63, 3.8) is 0 Å². The minimum Gasteiger partial charge on any atom is -0.351 e. The molecule has 12 heavy (non-hydrogen) atoms. The van der Waals surface area contributed by atoms with Crippen molar-refractivity contribution in [3.05, 3.63) is 0 Å². The smallest absolute Gasteiger partial charge is 0.238 e. The second kappa shape index (κ2) is 3.55. The van der Waals surface area contributed by atoms with Gasteiger partial charge in [0.2, 0.25) is 5.91 Å². The summed E-state index contributed by atoms with van der Waals surface area (Å²) in [6.45, 7) is 2.77. The monoisotopic (exact) mass is 167 g/mol. The first-order valence-corrected chi connectivity index (χ1v) is 4.02. The Labute approximate surface area is 72.2 Å². The number of amides is 1. The van der Waals surface area contributed by atoms with Crippen molar-refractivity contribution in [3.8, 4) is 6.07 Å². The van der Waals surface area contributed by atoms with Gasteiger partial charge in [-0.25, -0.2) is 0 Å². The first-order chi connectivity index (χ1) is 5.65. The van der Waals surface area contributed by atoms with Crippen molar-refractivity contribution < 1.29 is 4.79 Å². The average Bonchev–Trinajstić information content (AvgIpc) is 1.96. The molecule has 1 N–H and O–H groups in total. The molecule has 4 nitrogen and oxygen atoms in total. The molecule has 1 aliphatic rings. The third-order valence-corrected chi connectivity index (χ3v) is 2.07. The number of nitrogens with one attached hydrogen (secondary N) is 1. The Kier molecular flexibility index (Phi) is 2.66. The van der Waals surface area contributed by atoms with Crippen LogP contribution in [0.15, 0.2) is 0 Å². The summed E-state index contributed by atoms with van der Waals surface area (Å²) in [5, 5.41) is 11.3. The molecule has 0 radical (unpaired) electrons. The molecule has 4 heteroatoms. The Morgan fingerprint density at radius 3 is 3.00 bits per heavy atom. The minimum atomic E-state index is -0.258. The maximum Gasteiger partial charge on any atom is 0.238 e. The van der Waals surface area contributed by atoms with E-state index in [1.54, 1.807) is 0 Å². The molecule has 0 aromatic rings. The zero-order chi connectivity index (χ0) is 9.14. The molecule has 0 bridgehead atoms. The first-order valence-electron chi connectivity index (χ1n) is 4.02. The lowest BCUT2D eigenvalue weighted by molar-refractivity contribution is -0.129. The van der Waals surface area contributed by atoms with Gasteiger partial charge >= 0.3 is 0 Å². The lowest BCUT2D eigenvalue weighted by Crippen LogP contribution is -2.57. The number of nitrogens with zero attached hydrogens (tertiary/aromatic N) is 2. The lowest BCUT2D eigenvalue weighted by Gasteiger charge is -2.34. The van der Waals surface area contributed by atoms with Gasteiger partial charge in [-0.15, -0.1) is 0 Å². The van der Waals surface area contributed by atoms with Gasteiger partial charge in [0, 0.05) is 12.6 Å². The van der Waals surface area contributed by atoms with E-state index in [1.165, 1.54) is 0 Å². The van der Waals surface area contributed by atoms with Crippen LogP contribution in [0.4, 0.5) is 0 Å². The Balaban J connectivity index is 2.62. The van der Waals surface area contributed by atoms with E-state index in [4.69, 9.17) is 5.26 Å². The molecule has 0 saturated carbocycles. The van der Waals surface area contributed by atoms with Crippen LogP contribution >= 0.6 is 0 Å². The highest BCUT2D eigenvalue weighted by atomic mass is 16.2. The number of rotatable bonds is 1. The van der Waals surface area contributed by atoms with Crippen LogP contribution in [0.1, 0.15) is 13.3 Å². The van der Waals surface area contributed by atoms with E-state index in [0.717, 1.165) is 6.54 Å². The van der Waals surface area contributed by atoms with Gasteiger partial charge in [-0.05, 0) is 14.0 Å². The SMILES string of the molecule is CC1CN(C)C(CC#N)C(=O)N1. The summed E-state index contributed by atoms with van der Waals surface area (Å²) >= 11 is 0. The standard InChI is InChI=1S/C8H13N3O/c1-6-5-11(2)7(3-4-9)8(12)10-6/h6-7H,3,5H2,1-2H3,(H,10,12). The molecule has 1 aliphatic heterocycles. The number of carbonyl (C=O) groups is 1. The van der Waals surface area contributed by atoms with Crippen molar-refractivity contribution in [2.45, 2.75) is 25.4 Å². The Morgan fingerprint density at radius 1 is 1.83 bits per heavy atom. The number of nitriles is 1. The summed E-state index contributed by atoms with van der Waals surface area (Å²) in [4.78, 5) is 13.2. The Bertz CT molecular complexity index is 221. The van der Waals surface area contributed by atoms with Crippen molar-refractivity contribution >= 4 is 5.91 Å². The van der Waals surface area contributed by atoms with Gasteiger partial charge in [0.1, 0.15) is 6.04 Å². The van der Waals surface area contributed by atoms with E-state index in [0.29, 0.717) is 0 Å². The normalized spacial score (nSPS) is 30.9. The van der Waals surface area contributed by atoms with Crippen molar-refractivity contribution in [2.75, 3.05) is 13.6 Å². The second-order valence-electron chi connectivity index (χ2n) is 3.23. The first kappa shape index (κ1) is 9.01. The molecular formula is C8H13N3O. The molecule has 0 aromatic heterocycles. The van der Waals surface area contributed by atoms with Crippen LogP contribution in [0.25, 0.3) is 0 Å². The van der Waals surface area contributed by atoms with Crippen LogP contribution < -0.4 is 5.32 Å². The fourth-order valence-corrected chi connectivity index (χ4v) is 1.48. The van der Waals surface area contributed by atoms with Crippen molar-refractivity contribution in [1.29, 1.82) is 5.26 Å². The Morgan fingerprint density at radius 2 is 2.50 bits per heavy atom. The minimum absolute atomic E-state index is 0.0298. The number of piperazine rings is 1. The van der Waals surface area contributed by atoms with Crippen molar-refractivity contribution in [1.82, 2.24) is 10.2 Å². The zero-order valence-corrected chi connectivity index (χ0v) is 7.37. The van der Waals surface area contributed by atoms with Crippen molar-refractivity contribution in [2.24, 2.45) is 0 Å². The van der Waals surface area contributed by atoms with Gasteiger partial charge in [0.25, 0.3) is 0 Å². The quantitative estimate of drug-likeness (QED) is 0.584. The van der Waals surface area contributed by atoms with Crippen LogP contribution in [0.3, 0.4) is 0 Å². The summed E-state index contributed by atoms with van der Waals surface area (Å²) in [5.74, 6) is -0.0298. The Hall–Kier alpha value is -1.08. The summed E-state index contributed by atoms with van der Waals surface area (Å²) in [6.07, 6.45) is 0.273. The summed E-state index contributed by atoms with van der Waals surface area (Å²) in [6, 6.07) is 1.94. The number of hydrogen-bond acceptors (Lipinski definition) is 3. The average molecular weight is 167 g/mol. The van der Waals surface area contributed by atoms with E-state index >= 15 is 0 Å². The molecule has 1 rings (SSSR count). The van der Waals surface area contributed by atoms with E-state index in [1.807, 2.05) is 24.9 Å². The fourth-order valence-electron chi connectivity index (χ4n) is 1.48. The van der Waals surface area contributed by atoms with Gasteiger partial charge in [0.15, 0.2) is 0 Å². The topological polar surface area (TPSA) is 56.1 Å². The molecule has 0 spiro atoms. The highest BCUT2D eigenvalue weighted by Gasteiger charge is 2.29. The highest BCUT2D eigenvalue weighted by molar-refractivity contribution is 5.83. The lowest BCUT2D eigenvalue weighted by atomic mass is 10.1. The molecule has 1 fully saturated rings. The van der Waals surface area contributed by atoms with E-state index in [9.17, 15) is 4.79 Å². The molecule has 2 unspecified atom stereocenters. The van der Waals surface area contributed by atoms with Gasteiger partial charge in [-0.2, -0.15) is 5.26 Å². The molecule has 1 saturated heterocycles. The van der Waals surface area contributed by atoms with Crippen LogP contribution in [0.5, 0.6) is 0 Å². The largest absolute Gasteiger partial charge is 0.351 e.